The fraction of sp³-hybridized carbons (Fsp3) is 0.286. The summed E-state index contributed by atoms with van der Waals surface area (Å²) in [6.07, 6.45) is 1.72. The summed E-state index contributed by atoms with van der Waals surface area (Å²) < 4.78 is 22.2. The first kappa shape index (κ1) is 20.1. The summed E-state index contributed by atoms with van der Waals surface area (Å²) in [5.41, 5.74) is 2.11. The molecule has 0 saturated carbocycles. The van der Waals surface area contributed by atoms with Crippen molar-refractivity contribution in [1.29, 1.82) is 0 Å². The molecule has 7 heteroatoms. The summed E-state index contributed by atoms with van der Waals surface area (Å²) in [6, 6.07) is 8.93. The Morgan fingerprint density at radius 3 is 2.54 bits per heavy atom. The number of allylic oxidation sites excluding steroid dienone is 1. The van der Waals surface area contributed by atoms with Crippen molar-refractivity contribution in [3.05, 3.63) is 45.9 Å². The number of carbonyl (C=O) groups excluding carboxylic acids is 1. The van der Waals surface area contributed by atoms with Crippen molar-refractivity contribution in [3.63, 3.8) is 0 Å². The van der Waals surface area contributed by atoms with E-state index in [0.29, 0.717) is 39.5 Å². The van der Waals surface area contributed by atoms with E-state index in [1.54, 1.807) is 31.4 Å². The highest BCUT2D eigenvalue weighted by molar-refractivity contribution is 9.12. The Hall–Kier alpha value is -2.67. The van der Waals surface area contributed by atoms with E-state index in [1.165, 1.54) is 0 Å². The number of Topliss-reactive ketones (excluding diaryl/α,β-unsaturated/α-hetero) is 1. The zero-order valence-corrected chi connectivity index (χ0v) is 17.8. The van der Waals surface area contributed by atoms with Crippen LogP contribution in [0.1, 0.15) is 22.8 Å². The SMILES string of the molecule is CCOc1ccc(C(=O)C(Br)=Cc2cc3c(cc2OC)OCO3)cc1N(C)C. The van der Waals surface area contributed by atoms with Crippen molar-refractivity contribution in [1.82, 2.24) is 0 Å². The molecule has 6 nitrogen and oxygen atoms in total. The van der Waals surface area contributed by atoms with E-state index in [9.17, 15) is 4.79 Å². The molecule has 0 aliphatic carbocycles. The van der Waals surface area contributed by atoms with Crippen LogP contribution in [-0.4, -0.2) is 40.4 Å². The van der Waals surface area contributed by atoms with Gasteiger partial charge in [0.25, 0.3) is 0 Å². The van der Waals surface area contributed by atoms with Gasteiger partial charge in [0.05, 0.1) is 23.9 Å². The normalized spacial score (nSPS) is 12.7. The largest absolute Gasteiger partial charge is 0.496 e. The second-order valence-electron chi connectivity index (χ2n) is 6.28. The molecule has 2 aromatic carbocycles. The van der Waals surface area contributed by atoms with E-state index in [1.807, 2.05) is 38.1 Å². The van der Waals surface area contributed by atoms with Crippen LogP contribution in [0.4, 0.5) is 5.69 Å². The van der Waals surface area contributed by atoms with Gasteiger partial charge in [0.15, 0.2) is 17.3 Å². The van der Waals surface area contributed by atoms with Crippen molar-refractivity contribution in [2.24, 2.45) is 0 Å². The zero-order chi connectivity index (χ0) is 20.3. The number of benzene rings is 2. The molecular weight excluding hydrogens is 426 g/mol. The fourth-order valence-corrected chi connectivity index (χ4v) is 3.33. The third-order valence-corrected chi connectivity index (χ3v) is 4.82. The summed E-state index contributed by atoms with van der Waals surface area (Å²) in [4.78, 5) is 14.9. The molecule has 0 unspecified atom stereocenters. The molecular formula is C21H22BrNO5. The highest BCUT2D eigenvalue weighted by Crippen LogP contribution is 2.39. The Balaban J connectivity index is 1.94. The standard InChI is InChI=1S/C21H22BrNO5/c1-5-26-17-7-6-13(9-16(17)23(2)3)21(24)15(22)8-14-10-19-20(28-12-27-19)11-18(14)25-4/h6-11H,5,12H2,1-4H3. The number of methoxy groups -OCH3 is 1. The maximum absolute atomic E-state index is 13.0. The van der Waals surface area contributed by atoms with Gasteiger partial charge in [-0.2, -0.15) is 0 Å². The van der Waals surface area contributed by atoms with Crippen LogP contribution in [0.2, 0.25) is 0 Å². The molecule has 0 saturated heterocycles. The molecule has 0 aromatic heterocycles. The highest BCUT2D eigenvalue weighted by Gasteiger charge is 2.19. The van der Waals surface area contributed by atoms with Crippen molar-refractivity contribution in [2.45, 2.75) is 6.92 Å². The quantitative estimate of drug-likeness (QED) is 0.459. The van der Waals surface area contributed by atoms with Crippen molar-refractivity contribution < 1.29 is 23.7 Å². The molecule has 0 fully saturated rings. The van der Waals surface area contributed by atoms with Gasteiger partial charge in [-0.1, -0.05) is 0 Å². The lowest BCUT2D eigenvalue weighted by Gasteiger charge is -2.18. The van der Waals surface area contributed by atoms with Crippen LogP contribution in [0.3, 0.4) is 0 Å². The maximum atomic E-state index is 13.0. The number of anilines is 1. The van der Waals surface area contributed by atoms with Crippen LogP contribution >= 0.6 is 15.9 Å². The van der Waals surface area contributed by atoms with Crippen LogP contribution < -0.4 is 23.8 Å². The number of hydrogen-bond acceptors (Lipinski definition) is 6. The third kappa shape index (κ3) is 4.09. The molecule has 1 aliphatic rings. The lowest BCUT2D eigenvalue weighted by molar-refractivity contribution is 0.104. The molecule has 1 heterocycles. The summed E-state index contributed by atoms with van der Waals surface area (Å²) in [5.74, 6) is 2.43. The second kappa shape index (κ2) is 8.56. The summed E-state index contributed by atoms with van der Waals surface area (Å²) in [5, 5.41) is 0. The first-order valence-corrected chi connectivity index (χ1v) is 9.57. The first-order chi connectivity index (χ1) is 13.4. The van der Waals surface area contributed by atoms with Crippen LogP contribution in [0.15, 0.2) is 34.8 Å². The fourth-order valence-electron chi connectivity index (χ4n) is 2.85. The Kier molecular flexibility index (Phi) is 6.14. The molecule has 28 heavy (non-hydrogen) atoms. The van der Waals surface area contributed by atoms with Gasteiger partial charge in [0, 0.05) is 31.3 Å². The van der Waals surface area contributed by atoms with Crippen LogP contribution in [0, 0.1) is 0 Å². The van der Waals surface area contributed by atoms with Gasteiger partial charge in [-0.05, 0) is 53.2 Å². The minimum atomic E-state index is -0.147. The Labute approximate surface area is 172 Å². The van der Waals surface area contributed by atoms with Gasteiger partial charge >= 0.3 is 0 Å². The molecule has 0 amide bonds. The van der Waals surface area contributed by atoms with E-state index >= 15 is 0 Å². The van der Waals surface area contributed by atoms with Gasteiger partial charge in [-0.25, -0.2) is 0 Å². The summed E-state index contributed by atoms with van der Waals surface area (Å²) in [6.45, 7) is 2.66. The molecule has 1 aliphatic heterocycles. The van der Waals surface area contributed by atoms with E-state index < -0.39 is 0 Å². The van der Waals surface area contributed by atoms with Gasteiger partial charge in [0.1, 0.15) is 11.5 Å². The van der Waals surface area contributed by atoms with Crippen LogP contribution in [-0.2, 0) is 0 Å². The number of rotatable bonds is 7. The summed E-state index contributed by atoms with van der Waals surface area (Å²) in [7, 11) is 5.39. The van der Waals surface area contributed by atoms with Crippen molar-refractivity contribution >= 4 is 33.5 Å². The predicted octanol–water partition coefficient (Wildman–Crippen LogP) is 4.51. The number of ketones is 1. The van der Waals surface area contributed by atoms with E-state index in [4.69, 9.17) is 18.9 Å². The first-order valence-electron chi connectivity index (χ1n) is 8.78. The molecule has 0 radical (unpaired) electrons. The molecule has 0 atom stereocenters. The molecule has 2 aromatic rings. The van der Waals surface area contributed by atoms with Gasteiger partial charge in [0.2, 0.25) is 6.79 Å². The minimum Gasteiger partial charge on any atom is -0.496 e. The number of fused-ring (bicyclic) bond motifs is 1. The average molecular weight is 448 g/mol. The third-order valence-electron chi connectivity index (χ3n) is 4.23. The van der Waals surface area contributed by atoms with Gasteiger partial charge < -0.3 is 23.8 Å². The molecule has 0 spiro atoms. The van der Waals surface area contributed by atoms with E-state index in [0.717, 1.165) is 11.4 Å². The Morgan fingerprint density at radius 1 is 1.18 bits per heavy atom. The van der Waals surface area contributed by atoms with Crippen molar-refractivity contribution in [2.75, 3.05) is 39.5 Å². The van der Waals surface area contributed by atoms with Crippen LogP contribution in [0.25, 0.3) is 6.08 Å². The minimum absolute atomic E-state index is 0.147. The van der Waals surface area contributed by atoms with Crippen LogP contribution in [0.5, 0.6) is 23.0 Å². The summed E-state index contributed by atoms with van der Waals surface area (Å²) >= 11 is 3.41. The lowest BCUT2D eigenvalue weighted by Crippen LogP contribution is -2.12. The lowest BCUT2D eigenvalue weighted by atomic mass is 10.1. The Morgan fingerprint density at radius 2 is 1.89 bits per heavy atom. The topological polar surface area (TPSA) is 57.2 Å². The average Bonchev–Trinajstić information content (AvgIpc) is 3.14. The maximum Gasteiger partial charge on any atom is 0.231 e. The zero-order valence-electron chi connectivity index (χ0n) is 16.2. The molecule has 148 valence electrons. The van der Waals surface area contributed by atoms with Crippen molar-refractivity contribution in [3.8, 4) is 23.0 Å². The monoisotopic (exact) mass is 447 g/mol. The van der Waals surface area contributed by atoms with E-state index in [2.05, 4.69) is 15.9 Å². The number of carbonyl (C=O) groups is 1. The molecule has 0 bridgehead atoms. The smallest absolute Gasteiger partial charge is 0.231 e. The van der Waals surface area contributed by atoms with Gasteiger partial charge in [-0.3, -0.25) is 4.79 Å². The second-order valence-corrected chi connectivity index (χ2v) is 7.13. The number of nitrogens with zero attached hydrogens (tertiary/aromatic N) is 1. The number of ether oxygens (including phenoxy) is 4. The molecule has 3 rings (SSSR count). The van der Waals surface area contributed by atoms with Gasteiger partial charge in [-0.15, -0.1) is 0 Å². The number of hydrogen-bond donors (Lipinski definition) is 0. The molecule has 0 N–H and O–H groups in total. The Bertz CT molecular complexity index is 923. The predicted molar refractivity (Wildman–Crippen MR) is 112 cm³/mol. The van der Waals surface area contributed by atoms with E-state index in [-0.39, 0.29) is 12.6 Å². The highest BCUT2D eigenvalue weighted by atomic mass is 79.9. The number of halogens is 1.